The average Bonchev–Trinajstić information content (AvgIpc) is 2.82. The second kappa shape index (κ2) is 3.55. The van der Waals surface area contributed by atoms with E-state index in [4.69, 9.17) is 0 Å². The lowest BCUT2D eigenvalue weighted by molar-refractivity contribution is 0.346. The maximum atomic E-state index is 4.35. The molecule has 3 aromatic rings. The number of hydrogen-bond donors (Lipinski definition) is 1. The Kier molecular flexibility index (Phi) is 2.01. The molecule has 17 heavy (non-hydrogen) atoms. The van der Waals surface area contributed by atoms with Crippen molar-refractivity contribution < 1.29 is 0 Å². The molecule has 0 saturated carbocycles. The van der Waals surface area contributed by atoms with Gasteiger partial charge < -0.3 is 5.32 Å². The maximum Gasteiger partial charge on any atom is 0.194 e. The van der Waals surface area contributed by atoms with Crippen LogP contribution in [0, 0.1) is 5.92 Å². The molecule has 4 rings (SSSR count). The molecule has 0 amide bonds. The minimum Gasteiger partial charge on any atom is -0.316 e. The number of fused-ring (bicyclic) bond motifs is 3. The number of benzene rings is 1. The summed E-state index contributed by atoms with van der Waals surface area (Å²) < 4.78 is 3.51. The molecule has 86 valence electrons. The Morgan fingerprint density at radius 2 is 2.35 bits per heavy atom. The van der Waals surface area contributed by atoms with Crippen molar-refractivity contribution >= 4 is 26.5 Å². The van der Waals surface area contributed by atoms with Gasteiger partial charge in [0.2, 0.25) is 0 Å². The van der Waals surface area contributed by atoms with Gasteiger partial charge >= 0.3 is 0 Å². The normalized spacial score (nSPS) is 16.7. The van der Waals surface area contributed by atoms with E-state index in [2.05, 4.69) is 32.9 Å². The Hall–Kier alpha value is -1.39. The van der Waals surface area contributed by atoms with E-state index in [1.54, 1.807) is 11.3 Å². The number of hydrogen-bond acceptors (Lipinski definition) is 3. The van der Waals surface area contributed by atoms with E-state index in [0.717, 1.165) is 10.9 Å². The molecule has 3 heterocycles. The molecule has 0 radical (unpaired) electrons. The first-order valence-electron chi connectivity index (χ1n) is 5.95. The smallest absolute Gasteiger partial charge is 0.194 e. The van der Waals surface area contributed by atoms with Gasteiger partial charge in [-0.15, -0.1) is 0 Å². The number of thiazole rings is 1. The summed E-state index contributed by atoms with van der Waals surface area (Å²) in [6.07, 6.45) is 5.09. The SMILES string of the molecule is c1cn2c(n1)sc1cc(CC3CNC3)ccc12. The van der Waals surface area contributed by atoms with Crippen LogP contribution in [0.15, 0.2) is 30.6 Å². The summed E-state index contributed by atoms with van der Waals surface area (Å²) >= 11 is 1.77. The lowest BCUT2D eigenvalue weighted by Crippen LogP contribution is -2.43. The second-order valence-electron chi connectivity index (χ2n) is 4.71. The van der Waals surface area contributed by atoms with Crippen LogP contribution < -0.4 is 5.32 Å². The number of nitrogens with zero attached hydrogens (tertiary/aromatic N) is 2. The second-order valence-corrected chi connectivity index (χ2v) is 5.72. The molecule has 1 saturated heterocycles. The van der Waals surface area contributed by atoms with Gasteiger partial charge in [-0.05, 0) is 43.1 Å². The van der Waals surface area contributed by atoms with E-state index in [1.807, 2.05) is 12.4 Å². The molecule has 1 N–H and O–H groups in total. The average molecular weight is 243 g/mol. The van der Waals surface area contributed by atoms with Crippen molar-refractivity contribution in [1.29, 1.82) is 0 Å². The third kappa shape index (κ3) is 1.48. The Morgan fingerprint density at radius 3 is 3.18 bits per heavy atom. The molecule has 1 aromatic carbocycles. The Bertz CT molecular complexity index is 678. The summed E-state index contributed by atoms with van der Waals surface area (Å²) in [4.78, 5) is 5.43. The predicted molar refractivity (Wildman–Crippen MR) is 70.6 cm³/mol. The molecule has 0 unspecified atom stereocenters. The van der Waals surface area contributed by atoms with Crippen LogP contribution in [-0.4, -0.2) is 22.5 Å². The first-order valence-corrected chi connectivity index (χ1v) is 6.77. The highest BCUT2D eigenvalue weighted by Gasteiger charge is 2.17. The lowest BCUT2D eigenvalue weighted by atomic mass is 9.94. The van der Waals surface area contributed by atoms with Crippen molar-refractivity contribution in [2.75, 3.05) is 13.1 Å². The molecular formula is C13H13N3S. The highest BCUT2D eigenvalue weighted by atomic mass is 32.1. The van der Waals surface area contributed by atoms with Crippen LogP contribution in [-0.2, 0) is 6.42 Å². The Labute approximate surface area is 103 Å². The van der Waals surface area contributed by atoms with Crippen LogP contribution in [0.1, 0.15) is 5.56 Å². The molecule has 4 heteroatoms. The lowest BCUT2D eigenvalue weighted by Gasteiger charge is -2.27. The van der Waals surface area contributed by atoms with E-state index in [1.165, 1.54) is 35.3 Å². The molecule has 1 aliphatic rings. The fourth-order valence-corrected chi connectivity index (χ4v) is 3.49. The minimum absolute atomic E-state index is 0.830. The van der Waals surface area contributed by atoms with Crippen molar-refractivity contribution in [3.8, 4) is 0 Å². The zero-order chi connectivity index (χ0) is 11.2. The molecule has 0 bridgehead atoms. The van der Waals surface area contributed by atoms with Gasteiger partial charge in [-0.25, -0.2) is 4.98 Å². The van der Waals surface area contributed by atoms with Gasteiger partial charge in [-0.3, -0.25) is 4.40 Å². The highest BCUT2D eigenvalue weighted by molar-refractivity contribution is 7.23. The molecule has 0 atom stereocenters. The van der Waals surface area contributed by atoms with Crippen molar-refractivity contribution in [2.24, 2.45) is 5.92 Å². The maximum absolute atomic E-state index is 4.35. The number of nitrogens with one attached hydrogen (secondary N) is 1. The van der Waals surface area contributed by atoms with Crippen LogP contribution in [0.4, 0.5) is 0 Å². The molecular weight excluding hydrogens is 230 g/mol. The minimum atomic E-state index is 0.830. The van der Waals surface area contributed by atoms with Gasteiger partial charge in [0.25, 0.3) is 0 Å². The fraction of sp³-hybridized carbons (Fsp3) is 0.308. The molecule has 3 nitrogen and oxygen atoms in total. The summed E-state index contributed by atoms with van der Waals surface area (Å²) in [5, 5.41) is 3.32. The summed E-state index contributed by atoms with van der Waals surface area (Å²) in [6, 6.07) is 6.81. The Balaban J connectivity index is 1.79. The van der Waals surface area contributed by atoms with Gasteiger partial charge in [0, 0.05) is 12.4 Å². The van der Waals surface area contributed by atoms with Gasteiger partial charge in [-0.1, -0.05) is 17.4 Å². The van der Waals surface area contributed by atoms with Crippen LogP contribution in [0.5, 0.6) is 0 Å². The van der Waals surface area contributed by atoms with Gasteiger partial charge in [0.05, 0.1) is 10.2 Å². The van der Waals surface area contributed by atoms with Crippen LogP contribution >= 0.6 is 11.3 Å². The van der Waals surface area contributed by atoms with Crippen molar-refractivity contribution in [3.05, 3.63) is 36.2 Å². The molecule has 1 fully saturated rings. The first kappa shape index (κ1) is 9.62. The van der Waals surface area contributed by atoms with E-state index in [0.29, 0.717) is 0 Å². The van der Waals surface area contributed by atoms with E-state index in [-0.39, 0.29) is 0 Å². The number of imidazole rings is 1. The molecule has 1 aliphatic heterocycles. The highest BCUT2D eigenvalue weighted by Crippen LogP contribution is 2.27. The zero-order valence-electron chi connectivity index (χ0n) is 9.39. The van der Waals surface area contributed by atoms with Crippen LogP contribution in [0.3, 0.4) is 0 Å². The van der Waals surface area contributed by atoms with E-state index >= 15 is 0 Å². The van der Waals surface area contributed by atoms with Crippen molar-refractivity contribution in [3.63, 3.8) is 0 Å². The summed E-state index contributed by atoms with van der Waals surface area (Å²) in [7, 11) is 0. The van der Waals surface area contributed by atoms with Crippen molar-refractivity contribution in [1.82, 2.24) is 14.7 Å². The van der Waals surface area contributed by atoms with E-state index < -0.39 is 0 Å². The third-order valence-electron chi connectivity index (χ3n) is 3.48. The van der Waals surface area contributed by atoms with E-state index in [9.17, 15) is 0 Å². The summed E-state index contributed by atoms with van der Waals surface area (Å²) in [6.45, 7) is 2.34. The largest absolute Gasteiger partial charge is 0.316 e. The first-order chi connectivity index (χ1) is 8.40. The Morgan fingerprint density at radius 1 is 1.41 bits per heavy atom. The third-order valence-corrected chi connectivity index (χ3v) is 4.51. The topological polar surface area (TPSA) is 29.3 Å². The monoisotopic (exact) mass is 243 g/mol. The number of aromatic nitrogens is 2. The summed E-state index contributed by atoms with van der Waals surface area (Å²) in [5.74, 6) is 0.830. The molecule has 0 spiro atoms. The summed E-state index contributed by atoms with van der Waals surface area (Å²) in [5.41, 5.74) is 2.73. The van der Waals surface area contributed by atoms with Gasteiger partial charge in [0.1, 0.15) is 0 Å². The van der Waals surface area contributed by atoms with Gasteiger partial charge in [-0.2, -0.15) is 0 Å². The molecule has 2 aromatic heterocycles. The van der Waals surface area contributed by atoms with Gasteiger partial charge in [0.15, 0.2) is 4.96 Å². The quantitative estimate of drug-likeness (QED) is 0.748. The predicted octanol–water partition coefficient (Wildman–Crippen LogP) is 2.31. The van der Waals surface area contributed by atoms with Crippen molar-refractivity contribution in [2.45, 2.75) is 6.42 Å². The standard InChI is InChI=1S/C13H13N3S/c1-2-11-12(17-13-15-3-4-16(11)13)6-9(1)5-10-7-14-8-10/h1-4,6,10,14H,5,7-8H2. The number of rotatable bonds is 2. The molecule has 0 aliphatic carbocycles. The van der Waals surface area contributed by atoms with Crippen LogP contribution in [0.25, 0.3) is 15.2 Å². The zero-order valence-corrected chi connectivity index (χ0v) is 10.2. The van der Waals surface area contributed by atoms with Crippen LogP contribution in [0.2, 0.25) is 0 Å². The fourth-order valence-electron chi connectivity index (χ4n) is 2.44.